The van der Waals surface area contributed by atoms with Crippen LogP contribution in [0.1, 0.15) is 45.4 Å². The number of nitrogens with one attached hydrogen (secondary N) is 1. The summed E-state index contributed by atoms with van der Waals surface area (Å²) in [4.78, 5) is 11.5. The first-order chi connectivity index (χ1) is 8.24. The normalized spacial score (nSPS) is 16.8. The standard InChI is InChI=1S/C13H26N2O2/c1-2-3-8-17-9-4-7-15-13(16)10-12(14)11-5-6-11/h11-12H,2-10,14H2,1H3,(H,15,16). The summed E-state index contributed by atoms with van der Waals surface area (Å²) in [6.45, 7) is 4.40. The van der Waals surface area contributed by atoms with Crippen LogP contribution in [0.2, 0.25) is 0 Å². The third kappa shape index (κ3) is 7.34. The monoisotopic (exact) mass is 242 g/mol. The molecule has 1 aliphatic rings. The Morgan fingerprint density at radius 1 is 1.41 bits per heavy atom. The number of amides is 1. The molecule has 100 valence electrons. The van der Waals surface area contributed by atoms with Crippen LogP contribution in [0.25, 0.3) is 0 Å². The van der Waals surface area contributed by atoms with Gasteiger partial charge < -0.3 is 15.8 Å². The average Bonchev–Trinajstić information content (AvgIpc) is 3.11. The van der Waals surface area contributed by atoms with Crippen molar-refractivity contribution in [2.75, 3.05) is 19.8 Å². The molecule has 0 radical (unpaired) electrons. The number of rotatable bonds is 10. The van der Waals surface area contributed by atoms with Crippen LogP contribution in [0, 0.1) is 5.92 Å². The topological polar surface area (TPSA) is 64.3 Å². The largest absolute Gasteiger partial charge is 0.381 e. The molecule has 1 amide bonds. The van der Waals surface area contributed by atoms with Gasteiger partial charge in [-0.05, 0) is 31.6 Å². The summed E-state index contributed by atoms with van der Waals surface area (Å²) in [5.41, 5.74) is 5.88. The van der Waals surface area contributed by atoms with Crippen LogP contribution in [-0.2, 0) is 9.53 Å². The molecule has 1 saturated carbocycles. The van der Waals surface area contributed by atoms with Crippen LogP contribution in [0.15, 0.2) is 0 Å². The molecule has 0 aliphatic heterocycles. The van der Waals surface area contributed by atoms with Gasteiger partial charge in [-0.15, -0.1) is 0 Å². The summed E-state index contributed by atoms with van der Waals surface area (Å²) >= 11 is 0. The molecule has 17 heavy (non-hydrogen) atoms. The van der Waals surface area contributed by atoms with E-state index in [1.165, 1.54) is 12.8 Å². The van der Waals surface area contributed by atoms with E-state index in [0.717, 1.165) is 32.5 Å². The zero-order chi connectivity index (χ0) is 12.5. The van der Waals surface area contributed by atoms with Crippen LogP contribution >= 0.6 is 0 Å². The number of unbranched alkanes of at least 4 members (excludes halogenated alkanes) is 1. The minimum absolute atomic E-state index is 0.0656. The van der Waals surface area contributed by atoms with E-state index in [2.05, 4.69) is 12.2 Å². The summed E-state index contributed by atoms with van der Waals surface area (Å²) < 4.78 is 5.41. The van der Waals surface area contributed by atoms with Crippen molar-refractivity contribution in [3.8, 4) is 0 Å². The highest BCUT2D eigenvalue weighted by atomic mass is 16.5. The lowest BCUT2D eigenvalue weighted by Crippen LogP contribution is -2.33. The maximum Gasteiger partial charge on any atom is 0.221 e. The predicted molar refractivity (Wildman–Crippen MR) is 68.7 cm³/mol. The van der Waals surface area contributed by atoms with Crippen molar-refractivity contribution in [3.05, 3.63) is 0 Å². The molecule has 1 aliphatic carbocycles. The first-order valence-corrected chi connectivity index (χ1v) is 6.84. The van der Waals surface area contributed by atoms with Gasteiger partial charge in [0.2, 0.25) is 5.91 Å². The number of hydrogen-bond donors (Lipinski definition) is 2. The third-order valence-electron chi connectivity index (χ3n) is 3.08. The van der Waals surface area contributed by atoms with Gasteiger partial charge in [0.15, 0.2) is 0 Å². The SMILES string of the molecule is CCCCOCCCNC(=O)CC(N)C1CC1. The van der Waals surface area contributed by atoms with Gasteiger partial charge in [0.25, 0.3) is 0 Å². The van der Waals surface area contributed by atoms with E-state index in [0.29, 0.717) is 18.9 Å². The van der Waals surface area contributed by atoms with E-state index < -0.39 is 0 Å². The molecule has 3 N–H and O–H groups in total. The summed E-state index contributed by atoms with van der Waals surface area (Å²) in [5.74, 6) is 0.677. The Bertz CT molecular complexity index is 217. The van der Waals surface area contributed by atoms with Crippen LogP contribution in [0.5, 0.6) is 0 Å². The molecule has 0 aromatic rings. The van der Waals surface area contributed by atoms with Gasteiger partial charge in [-0.3, -0.25) is 4.79 Å². The fraction of sp³-hybridized carbons (Fsp3) is 0.923. The van der Waals surface area contributed by atoms with Gasteiger partial charge in [0, 0.05) is 32.2 Å². The molecular formula is C13H26N2O2. The number of carbonyl (C=O) groups excluding carboxylic acids is 1. The number of hydrogen-bond acceptors (Lipinski definition) is 3. The second kappa shape index (κ2) is 8.48. The second-order valence-electron chi connectivity index (χ2n) is 4.87. The zero-order valence-corrected chi connectivity index (χ0v) is 10.9. The lowest BCUT2D eigenvalue weighted by atomic mass is 10.1. The van der Waals surface area contributed by atoms with Crippen molar-refractivity contribution in [2.45, 2.75) is 51.5 Å². The van der Waals surface area contributed by atoms with E-state index >= 15 is 0 Å². The van der Waals surface area contributed by atoms with Gasteiger partial charge >= 0.3 is 0 Å². The van der Waals surface area contributed by atoms with Crippen molar-refractivity contribution in [3.63, 3.8) is 0 Å². The van der Waals surface area contributed by atoms with Crippen molar-refractivity contribution < 1.29 is 9.53 Å². The molecule has 0 bridgehead atoms. The Balaban J connectivity index is 1.86. The average molecular weight is 242 g/mol. The van der Waals surface area contributed by atoms with Crippen LogP contribution < -0.4 is 11.1 Å². The van der Waals surface area contributed by atoms with Gasteiger partial charge in [-0.2, -0.15) is 0 Å². The fourth-order valence-electron chi connectivity index (χ4n) is 1.73. The molecule has 0 spiro atoms. The van der Waals surface area contributed by atoms with Gasteiger partial charge in [-0.25, -0.2) is 0 Å². The molecule has 1 atom stereocenters. The van der Waals surface area contributed by atoms with Gasteiger partial charge in [0.05, 0.1) is 0 Å². The molecule has 0 aromatic heterocycles. The number of ether oxygens (including phenoxy) is 1. The molecule has 0 aromatic carbocycles. The van der Waals surface area contributed by atoms with Crippen molar-refractivity contribution in [1.29, 1.82) is 0 Å². The molecule has 1 unspecified atom stereocenters. The summed E-state index contributed by atoms with van der Waals surface area (Å²) in [6.07, 6.45) is 6.02. The summed E-state index contributed by atoms with van der Waals surface area (Å²) in [6, 6.07) is 0.0656. The lowest BCUT2D eigenvalue weighted by Gasteiger charge is -2.10. The Morgan fingerprint density at radius 2 is 2.12 bits per heavy atom. The molecule has 1 rings (SSSR count). The second-order valence-corrected chi connectivity index (χ2v) is 4.87. The first-order valence-electron chi connectivity index (χ1n) is 6.84. The third-order valence-corrected chi connectivity index (χ3v) is 3.08. The molecule has 4 heteroatoms. The molecule has 0 saturated heterocycles. The van der Waals surface area contributed by atoms with Gasteiger partial charge in [0.1, 0.15) is 0 Å². The van der Waals surface area contributed by atoms with E-state index in [1.54, 1.807) is 0 Å². The zero-order valence-electron chi connectivity index (χ0n) is 10.9. The highest BCUT2D eigenvalue weighted by Gasteiger charge is 2.29. The Kier molecular flexibility index (Phi) is 7.21. The Morgan fingerprint density at radius 3 is 2.76 bits per heavy atom. The van der Waals surface area contributed by atoms with Crippen molar-refractivity contribution >= 4 is 5.91 Å². The maximum absolute atomic E-state index is 11.5. The van der Waals surface area contributed by atoms with Crippen LogP contribution in [0.3, 0.4) is 0 Å². The summed E-state index contributed by atoms with van der Waals surface area (Å²) in [7, 11) is 0. The lowest BCUT2D eigenvalue weighted by molar-refractivity contribution is -0.121. The smallest absolute Gasteiger partial charge is 0.221 e. The van der Waals surface area contributed by atoms with E-state index in [9.17, 15) is 4.79 Å². The van der Waals surface area contributed by atoms with Crippen molar-refractivity contribution in [1.82, 2.24) is 5.32 Å². The first kappa shape index (κ1) is 14.5. The minimum atomic E-state index is 0.0656. The van der Waals surface area contributed by atoms with Crippen LogP contribution in [0.4, 0.5) is 0 Å². The van der Waals surface area contributed by atoms with E-state index in [4.69, 9.17) is 10.5 Å². The quantitative estimate of drug-likeness (QED) is 0.570. The maximum atomic E-state index is 11.5. The Hall–Kier alpha value is -0.610. The molecule has 4 nitrogen and oxygen atoms in total. The number of carbonyl (C=O) groups is 1. The molecular weight excluding hydrogens is 216 g/mol. The predicted octanol–water partition coefficient (Wildman–Crippen LogP) is 1.44. The van der Waals surface area contributed by atoms with E-state index in [1.807, 2.05) is 0 Å². The minimum Gasteiger partial charge on any atom is -0.381 e. The van der Waals surface area contributed by atoms with E-state index in [-0.39, 0.29) is 11.9 Å². The van der Waals surface area contributed by atoms with Crippen LogP contribution in [-0.4, -0.2) is 31.7 Å². The fourth-order valence-corrected chi connectivity index (χ4v) is 1.73. The molecule has 1 fully saturated rings. The van der Waals surface area contributed by atoms with Gasteiger partial charge in [-0.1, -0.05) is 13.3 Å². The highest BCUT2D eigenvalue weighted by Crippen LogP contribution is 2.32. The summed E-state index contributed by atoms with van der Waals surface area (Å²) in [5, 5.41) is 2.89. The molecule has 0 heterocycles. The Labute approximate surface area is 104 Å². The highest BCUT2D eigenvalue weighted by molar-refractivity contribution is 5.76. The van der Waals surface area contributed by atoms with Crippen molar-refractivity contribution in [2.24, 2.45) is 11.7 Å². The number of nitrogens with two attached hydrogens (primary N) is 1.